The first-order valence-electron chi connectivity index (χ1n) is 4.71. The molecule has 4 heteroatoms. The van der Waals surface area contributed by atoms with E-state index < -0.39 is 0 Å². The van der Waals surface area contributed by atoms with Crippen LogP contribution in [0, 0.1) is 12.8 Å². The highest BCUT2D eigenvalue weighted by atomic mass is 15.3. The molecule has 0 bridgehead atoms. The average molecular weight is 180 g/mol. The number of rotatable bonds is 3. The van der Waals surface area contributed by atoms with Crippen LogP contribution < -0.4 is 11.1 Å². The van der Waals surface area contributed by atoms with E-state index in [-0.39, 0.29) is 0 Å². The molecule has 1 aliphatic carbocycles. The molecule has 0 spiro atoms. The van der Waals surface area contributed by atoms with Gasteiger partial charge in [0.1, 0.15) is 5.82 Å². The molecule has 13 heavy (non-hydrogen) atoms. The summed E-state index contributed by atoms with van der Waals surface area (Å²) in [6, 6.07) is 0. The highest BCUT2D eigenvalue weighted by Gasteiger charge is 2.21. The Morgan fingerprint density at radius 1 is 1.62 bits per heavy atom. The summed E-state index contributed by atoms with van der Waals surface area (Å²) in [6.45, 7) is 2.96. The van der Waals surface area contributed by atoms with Crippen LogP contribution in [0.4, 0.5) is 11.5 Å². The van der Waals surface area contributed by atoms with Crippen LogP contribution in [-0.2, 0) is 7.05 Å². The summed E-state index contributed by atoms with van der Waals surface area (Å²) in [7, 11) is 1.92. The Balaban J connectivity index is 2.08. The van der Waals surface area contributed by atoms with E-state index in [1.165, 1.54) is 12.8 Å². The van der Waals surface area contributed by atoms with Gasteiger partial charge in [0.2, 0.25) is 0 Å². The molecule has 72 valence electrons. The molecule has 0 atom stereocenters. The van der Waals surface area contributed by atoms with Crippen molar-refractivity contribution in [3.05, 3.63) is 5.69 Å². The lowest BCUT2D eigenvalue weighted by Gasteiger charge is -2.05. The van der Waals surface area contributed by atoms with Gasteiger partial charge in [0, 0.05) is 13.6 Å². The maximum absolute atomic E-state index is 5.86. The lowest BCUT2D eigenvalue weighted by molar-refractivity contribution is 0.751. The number of anilines is 2. The second kappa shape index (κ2) is 2.94. The molecule has 1 aromatic heterocycles. The second-order valence-electron chi connectivity index (χ2n) is 3.80. The Morgan fingerprint density at radius 3 is 2.77 bits per heavy atom. The second-order valence-corrected chi connectivity index (χ2v) is 3.80. The Hall–Kier alpha value is -1.19. The van der Waals surface area contributed by atoms with E-state index in [2.05, 4.69) is 10.4 Å². The van der Waals surface area contributed by atoms with Crippen molar-refractivity contribution in [2.75, 3.05) is 17.6 Å². The molecule has 0 saturated heterocycles. The van der Waals surface area contributed by atoms with E-state index in [0.29, 0.717) is 0 Å². The number of nitrogens with one attached hydrogen (secondary N) is 1. The average Bonchev–Trinajstić information content (AvgIpc) is 2.84. The zero-order chi connectivity index (χ0) is 9.42. The van der Waals surface area contributed by atoms with Gasteiger partial charge < -0.3 is 11.1 Å². The molecule has 0 unspecified atom stereocenters. The number of nitrogen functional groups attached to an aromatic ring is 1. The zero-order valence-corrected chi connectivity index (χ0v) is 8.17. The minimum atomic E-state index is 0.781. The van der Waals surface area contributed by atoms with Crippen LogP contribution in [-0.4, -0.2) is 16.3 Å². The van der Waals surface area contributed by atoms with Crippen molar-refractivity contribution in [3.8, 4) is 0 Å². The quantitative estimate of drug-likeness (QED) is 0.733. The molecule has 0 aromatic carbocycles. The summed E-state index contributed by atoms with van der Waals surface area (Å²) in [5, 5.41) is 7.58. The molecule has 4 nitrogen and oxygen atoms in total. The molecule has 0 amide bonds. The third kappa shape index (κ3) is 1.61. The largest absolute Gasteiger partial charge is 0.394 e. The van der Waals surface area contributed by atoms with Crippen LogP contribution in [0.1, 0.15) is 18.5 Å². The van der Waals surface area contributed by atoms with E-state index in [1.807, 2.05) is 18.7 Å². The van der Waals surface area contributed by atoms with Gasteiger partial charge in [0.15, 0.2) is 0 Å². The summed E-state index contributed by atoms with van der Waals surface area (Å²) >= 11 is 0. The molecule has 1 fully saturated rings. The van der Waals surface area contributed by atoms with Gasteiger partial charge in [-0.15, -0.1) is 0 Å². The molecule has 3 N–H and O–H groups in total. The fourth-order valence-electron chi connectivity index (χ4n) is 1.45. The summed E-state index contributed by atoms with van der Waals surface area (Å²) in [5.41, 5.74) is 7.55. The molecule has 1 aliphatic rings. The molecular formula is C9H16N4. The highest BCUT2D eigenvalue weighted by molar-refractivity contribution is 5.64. The van der Waals surface area contributed by atoms with Gasteiger partial charge >= 0.3 is 0 Å². The smallest absolute Gasteiger partial charge is 0.147 e. The van der Waals surface area contributed by atoms with Crippen LogP contribution in [0.2, 0.25) is 0 Å². The lowest BCUT2D eigenvalue weighted by atomic mass is 10.3. The van der Waals surface area contributed by atoms with Crippen molar-refractivity contribution in [2.24, 2.45) is 13.0 Å². The van der Waals surface area contributed by atoms with Crippen molar-refractivity contribution >= 4 is 11.5 Å². The van der Waals surface area contributed by atoms with Crippen LogP contribution in [0.3, 0.4) is 0 Å². The highest BCUT2D eigenvalue weighted by Crippen LogP contribution is 2.30. The predicted octanol–water partition coefficient (Wildman–Crippen LogP) is 1.13. The molecule has 2 rings (SSSR count). The topological polar surface area (TPSA) is 55.9 Å². The number of hydrogen-bond acceptors (Lipinski definition) is 3. The van der Waals surface area contributed by atoms with Crippen LogP contribution in [0.5, 0.6) is 0 Å². The van der Waals surface area contributed by atoms with Crippen LogP contribution >= 0.6 is 0 Å². The molecular weight excluding hydrogens is 164 g/mol. The van der Waals surface area contributed by atoms with Crippen molar-refractivity contribution in [1.29, 1.82) is 0 Å². The van der Waals surface area contributed by atoms with Crippen molar-refractivity contribution < 1.29 is 0 Å². The van der Waals surface area contributed by atoms with Gasteiger partial charge in [-0.25, -0.2) is 0 Å². The number of aromatic nitrogens is 2. The Labute approximate surface area is 78.1 Å². The van der Waals surface area contributed by atoms with Crippen molar-refractivity contribution in [1.82, 2.24) is 9.78 Å². The van der Waals surface area contributed by atoms with Gasteiger partial charge in [-0.1, -0.05) is 0 Å². The van der Waals surface area contributed by atoms with Gasteiger partial charge in [-0.3, -0.25) is 4.68 Å². The van der Waals surface area contributed by atoms with Gasteiger partial charge in [0.05, 0.1) is 11.4 Å². The standard InChI is InChI=1S/C9H16N4/c1-6-8(10)9(13(2)12-6)11-5-7-3-4-7/h7,11H,3-5,10H2,1-2H3. The zero-order valence-electron chi connectivity index (χ0n) is 8.17. The minimum Gasteiger partial charge on any atom is -0.394 e. The van der Waals surface area contributed by atoms with E-state index in [4.69, 9.17) is 5.73 Å². The Kier molecular flexibility index (Phi) is 1.90. The third-order valence-corrected chi connectivity index (χ3v) is 2.52. The van der Waals surface area contributed by atoms with E-state index in [0.717, 1.165) is 29.7 Å². The van der Waals surface area contributed by atoms with Gasteiger partial charge in [-0.2, -0.15) is 5.10 Å². The van der Waals surface area contributed by atoms with Crippen LogP contribution in [0.25, 0.3) is 0 Å². The lowest BCUT2D eigenvalue weighted by Crippen LogP contribution is -2.09. The number of nitrogens with zero attached hydrogens (tertiary/aromatic N) is 2. The molecule has 1 heterocycles. The summed E-state index contributed by atoms with van der Waals surface area (Å²) in [5.74, 6) is 1.82. The molecule has 0 radical (unpaired) electrons. The first kappa shape index (κ1) is 8.41. The minimum absolute atomic E-state index is 0.781. The number of nitrogens with two attached hydrogens (primary N) is 1. The van der Waals surface area contributed by atoms with Crippen LogP contribution in [0.15, 0.2) is 0 Å². The first-order valence-corrected chi connectivity index (χ1v) is 4.71. The van der Waals surface area contributed by atoms with E-state index >= 15 is 0 Å². The number of hydrogen-bond donors (Lipinski definition) is 2. The first-order chi connectivity index (χ1) is 6.18. The maximum atomic E-state index is 5.86. The summed E-state index contributed by atoms with van der Waals surface area (Å²) in [4.78, 5) is 0. The Bertz CT molecular complexity index is 312. The summed E-state index contributed by atoms with van der Waals surface area (Å²) < 4.78 is 1.81. The predicted molar refractivity (Wildman–Crippen MR) is 53.6 cm³/mol. The third-order valence-electron chi connectivity index (χ3n) is 2.52. The van der Waals surface area contributed by atoms with E-state index in [1.54, 1.807) is 0 Å². The molecule has 0 aliphatic heterocycles. The fraction of sp³-hybridized carbons (Fsp3) is 0.667. The molecule has 1 aromatic rings. The van der Waals surface area contributed by atoms with Crippen molar-refractivity contribution in [3.63, 3.8) is 0 Å². The molecule has 1 saturated carbocycles. The van der Waals surface area contributed by atoms with Crippen molar-refractivity contribution in [2.45, 2.75) is 19.8 Å². The SMILES string of the molecule is Cc1nn(C)c(NCC2CC2)c1N. The number of aryl methyl sites for hydroxylation is 2. The normalized spacial score (nSPS) is 16.2. The monoisotopic (exact) mass is 180 g/mol. The van der Waals surface area contributed by atoms with Gasteiger partial charge in [0.25, 0.3) is 0 Å². The van der Waals surface area contributed by atoms with E-state index in [9.17, 15) is 0 Å². The summed E-state index contributed by atoms with van der Waals surface area (Å²) in [6.07, 6.45) is 2.70. The fourth-order valence-corrected chi connectivity index (χ4v) is 1.45. The Morgan fingerprint density at radius 2 is 2.31 bits per heavy atom. The van der Waals surface area contributed by atoms with Gasteiger partial charge in [-0.05, 0) is 25.7 Å². The maximum Gasteiger partial charge on any atom is 0.147 e.